The van der Waals surface area contributed by atoms with Crippen molar-refractivity contribution in [1.29, 1.82) is 0 Å². The van der Waals surface area contributed by atoms with E-state index >= 15 is 0 Å². The molecule has 0 atom stereocenters. The predicted octanol–water partition coefficient (Wildman–Crippen LogP) is 3.18. The van der Waals surface area contributed by atoms with Crippen LogP contribution in [-0.2, 0) is 13.1 Å². The number of hydrogen-bond donors (Lipinski definition) is 1. The zero-order valence-electron chi connectivity index (χ0n) is 9.22. The Morgan fingerprint density at radius 2 is 2.18 bits per heavy atom. The van der Waals surface area contributed by atoms with Crippen molar-refractivity contribution in [3.8, 4) is 0 Å². The van der Waals surface area contributed by atoms with Crippen LogP contribution in [0.4, 0.5) is 0 Å². The van der Waals surface area contributed by atoms with Crippen LogP contribution in [0, 0.1) is 0 Å². The third kappa shape index (κ3) is 2.23. The zero-order chi connectivity index (χ0) is 11.5. The van der Waals surface area contributed by atoms with Crippen molar-refractivity contribution in [3.05, 3.63) is 52.7 Å². The molecule has 3 aromatic rings. The fraction of sp³-hybridized carbons (Fsp3) is 0.154. The molecule has 0 radical (unpaired) electrons. The highest BCUT2D eigenvalue weighted by molar-refractivity contribution is 7.07. The summed E-state index contributed by atoms with van der Waals surface area (Å²) in [5, 5.41) is 6.60. The molecule has 0 spiro atoms. The first-order valence-electron chi connectivity index (χ1n) is 5.46. The molecule has 0 aliphatic heterocycles. The molecular formula is C13H12N2OS. The number of nitrogens with zero attached hydrogens (tertiary/aromatic N) is 1. The summed E-state index contributed by atoms with van der Waals surface area (Å²) in [6.07, 6.45) is 1.82. The van der Waals surface area contributed by atoms with Gasteiger partial charge in [0, 0.05) is 29.4 Å². The van der Waals surface area contributed by atoms with Gasteiger partial charge in [-0.1, -0.05) is 18.2 Å². The number of rotatable bonds is 4. The average molecular weight is 244 g/mol. The Balaban J connectivity index is 1.69. The van der Waals surface area contributed by atoms with Gasteiger partial charge < -0.3 is 9.73 Å². The Morgan fingerprint density at radius 1 is 1.24 bits per heavy atom. The van der Waals surface area contributed by atoms with Crippen molar-refractivity contribution < 1.29 is 4.42 Å². The largest absolute Gasteiger partial charge is 0.464 e. The molecule has 2 aromatic heterocycles. The first-order valence-corrected chi connectivity index (χ1v) is 6.40. The molecule has 17 heavy (non-hydrogen) atoms. The second-order valence-corrected chi connectivity index (χ2v) is 4.56. The molecule has 0 saturated carbocycles. The molecule has 0 aliphatic rings. The number of nitrogens with one attached hydrogen (secondary N) is 1. The summed E-state index contributed by atoms with van der Waals surface area (Å²) in [6.45, 7) is 1.59. The number of fused-ring (bicyclic) bond motifs is 1. The normalized spacial score (nSPS) is 11.1. The SMILES string of the molecule is c1ccc2c(CNCc3cscn3)coc2c1. The Hall–Kier alpha value is -1.65. The topological polar surface area (TPSA) is 38.1 Å². The number of hydrogen-bond acceptors (Lipinski definition) is 4. The van der Waals surface area contributed by atoms with Crippen LogP contribution in [0.1, 0.15) is 11.3 Å². The van der Waals surface area contributed by atoms with Crippen LogP contribution in [0.2, 0.25) is 0 Å². The first kappa shape index (κ1) is 10.5. The first-order chi connectivity index (χ1) is 8.43. The smallest absolute Gasteiger partial charge is 0.134 e. The van der Waals surface area contributed by atoms with E-state index in [1.165, 1.54) is 10.9 Å². The fourth-order valence-electron chi connectivity index (χ4n) is 1.82. The number of furan rings is 1. The summed E-state index contributed by atoms with van der Waals surface area (Å²) in [5.74, 6) is 0. The van der Waals surface area contributed by atoms with Gasteiger partial charge in [0.05, 0.1) is 17.5 Å². The number of thiazole rings is 1. The van der Waals surface area contributed by atoms with E-state index in [4.69, 9.17) is 4.42 Å². The second-order valence-electron chi connectivity index (χ2n) is 3.84. The number of para-hydroxylation sites is 1. The Morgan fingerprint density at radius 3 is 3.06 bits per heavy atom. The van der Waals surface area contributed by atoms with E-state index in [9.17, 15) is 0 Å². The maximum atomic E-state index is 5.48. The van der Waals surface area contributed by atoms with E-state index in [0.717, 1.165) is 24.4 Å². The minimum atomic E-state index is 0.795. The summed E-state index contributed by atoms with van der Waals surface area (Å²) in [4.78, 5) is 4.23. The van der Waals surface area contributed by atoms with Crippen LogP contribution in [0.15, 0.2) is 45.8 Å². The van der Waals surface area contributed by atoms with E-state index in [2.05, 4.69) is 21.7 Å². The summed E-state index contributed by atoms with van der Waals surface area (Å²) < 4.78 is 5.48. The molecule has 0 amide bonds. The molecule has 0 aliphatic carbocycles. The second kappa shape index (κ2) is 4.69. The fourth-order valence-corrected chi connectivity index (χ4v) is 2.38. The Bertz CT molecular complexity index is 601. The third-order valence-corrected chi connectivity index (χ3v) is 3.30. The predicted molar refractivity (Wildman–Crippen MR) is 68.9 cm³/mol. The molecule has 4 heteroatoms. The summed E-state index contributed by atoms with van der Waals surface area (Å²) >= 11 is 1.62. The lowest BCUT2D eigenvalue weighted by molar-refractivity contribution is 0.601. The van der Waals surface area contributed by atoms with Crippen molar-refractivity contribution in [2.45, 2.75) is 13.1 Å². The summed E-state index contributed by atoms with van der Waals surface area (Å²) in [7, 11) is 0. The van der Waals surface area contributed by atoms with Gasteiger partial charge in [-0.15, -0.1) is 11.3 Å². The molecular weight excluding hydrogens is 232 g/mol. The molecule has 3 nitrogen and oxygen atoms in total. The van der Waals surface area contributed by atoms with E-state index in [-0.39, 0.29) is 0 Å². The maximum Gasteiger partial charge on any atom is 0.134 e. The maximum absolute atomic E-state index is 5.48. The van der Waals surface area contributed by atoms with Crippen molar-refractivity contribution >= 4 is 22.3 Å². The van der Waals surface area contributed by atoms with Gasteiger partial charge in [0.25, 0.3) is 0 Å². The van der Waals surface area contributed by atoms with Crippen LogP contribution in [0.3, 0.4) is 0 Å². The van der Waals surface area contributed by atoms with Gasteiger partial charge in [-0.3, -0.25) is 0 Å². The minimum Gasteiger partial charge on any atom is -0.464 e. The molecule has 3 rings (SSSR count). The van der Waals surface area contributed by atoms with Gasteiger partial charge in [-0.25, -0.2) is 4.98 Å². The summed E-state index contributed by atoms with van der Waals surface area (Å²) in [5.41, 5.74) is 5.07. The quantitative estimate of drug-likeness (QED) is 0.766. The highest BCUT2D eigenvalue weighted by Crippen LogP contribution is 2.20. The molecule has 0 bridgehead atoms. The van der Waals surface area contributed by atoms with Gasteiger partial charge in [-0.2, -0.15) is 0 Å². The molecule has 0 unspecified atom stereocenters. The van der Waals surface area contributed by atoms with E-state index in [1.54, 1.807) is 11.3 Å². The highest BCUT2D eigenvalue weighted by atomic mass is 32.1. The standard InChI is InChI=1S/C13H12N2OS/c1-2-4-13-12(3-1)10(7-16-13)5-14-6-11-8-17-9-15-11/h1-4,7-9,14H,5-6H2. The van der Waals surface area contributed by atoms with Crippen molar-refractivity contribution in [2.24, 2.45) is 0 Å². The van der Waals surface area contributed by atoms with E-state index in [0.29, 0.717) is 0 Å². The Labute approximate surface area is 103 Å². The van der Waals surface area contributed by atoms with Crippen LogP contribution in [-0.4, -0.2) is 4.98 Å². The zero-order valence-corrected chi connectivity index (χ0v) is 10.0. The van der Waals surface area contributed by atoms with Gasteiger partial charge in [-0.05, 0) is 6.07 Å². The molecule has 0 saturated heterocycles. The van der Waals surface area contributed by atoms with E-state index in [1.807, 2.05) is 30.0 Å². The Kier molecular flexibility index (Phi) is 2.90. The van der Waals surface area contributed by atoms with Gasteiger partial charge in [0.15, 0.2) is 0 Å². The lowest BCUT2D eigenvalue weighted by Crippen LogP contribution is -2.12. The van der Waals surface area contributed by atoms with Crippen molar-refractivity contribution in [3.63, 3.8) is 0 Å². The number of aromatic nitrogens is 1. The highest BCUT2D eigenvalue weighted by Gasteiger charge is 2.04. The summed E-state index contributed by atoms with van der Waals surface area (Å²) in [6, 6.07) is 8.08. The molecule has 2 heterocycles. The lowest BCUT2D eigenvalue weighted by Gasteiger charge is -2.00. The molecule has 1 N–H and O–H groups in total. The third-order valence-electron chi connectivity index (χ3n) is 2.67. The van der Waals surface area contributed by atoms with Crippen LogP contribution in [0.25, 0.3) is 11.0 Å². The molecule has 1 aromatic carbocycles. The van der Waals surface area contributed by atoms with Gasteiger partial charge >= 0.3 is 0 Å². The monoisotopic (exact) mass is 244 g/mol. The van der Waals surface area contributed by atoms with Crippen molar-refractivity contribution in [2.75, 3.05) is 0 Å². The lowest BCUT2D eigenvalue weighted by atomic mass is 10.2. The van der Waals surface area contributed by atoms with Crippen LogP contribution < -0.4 is 5.32 Å². The van der Waals surface area contributed by atoms with E-state index < -0.39 is 0 Å². The minimum absolute atomic E-state index is 0.795. The average Bonchev–Trinajstić information content (AvgIpc) is 2.99. The van der Waals surface area contributed by atoms with Gasteiger partial charge in [0.2, 0.25) is 0 Å². The van der Waals surface area contributed by atoms with Crippen molar-refractivity contribution in [1.82, 2.24) is 10.3 Å². The molecule has 0 fully saturated rings. The van der Waals surface area contributed by atoms with Crippen LogP contribution >= 0.6 is 11.3 Å². The molecule has 86 valence electrons. The number of benzene rings is 1. The van der Waals surface area contributed by atoms with Gasteiger partial charge in [0.1, 0.15) is 5.58 Å². The van der Waals surface area contributed by atoms with Crippen LogP contribution in [0.5, 0.6) is 0 Å².